The van der Waals surface area contributed by atoms with Crippen molar-refractivity contribution in [1.29, 1.82) is 0 Å². The van der Waals surface area contributed by atoms with Gasteiger partial charge < -0.3 is 10.6 Å². The number of carbonyl (C=O) groups is 1. The number of carbonyl (C=O) groups excluding carboxylic acids is 1. The van der Waals surface area contributed by atoms with E-state index in [9.17, 15) is 4.79 Å². The lowest BCUT2D eigenvalue weighted by Gasteiger charge is -2.20. The van der Waals surface area contributed by atoms with Gasteiger partial charge in [0, 0.05) is 13.2 Å². The summed E-state index contributed by atoms with van der Waals surface area (Å²) >= 11 is 0. The number of hydrogen-bond donors (Lipinski definition) is 2. The molecular formula is C13H13N3O. The summed E-state index contributed by atoms with van der Waals surface area (Å²) in [6, 6.07) is 10.0. The number of likely N-dealkylation sites (N-methyl/N-ethyl adjacent to an activating group) is 1. The molecule has 2 aliphatic rings. The van der Waals surface area contributed by atoms with Crippen LogP contribution < -0.4 is 10.6 Å². The average Bonchev–Trinajstić information content (AvgIpc) is 2.66. The van der Waals surface area contributed by atoms with Gasteiger partial charge in [0.25, 0.3) is 0 Å². The number of nitrogens with one attached hydrogen (secondary N) is 2. The number of rotatable bonds is 1. The predicted molar refractivity (Wildman–Crippen MR) is 65.7 cm³/mol. The Hall–Kier alpha value is -2.23. The van der Waals surface area contributed by atoms with Gasteiger partial charge in [-0.2, -0.15) is 0 Å². The summed E-state index contributed by atoms with van der Waals surface area (Å²) in [5.41, 5.74) is 3.18. The molecule has 0 spiro atoms. The molecule has 1 unspecified atom stereocenters. The molecule has 0 bridgehead atoms. The van der Waals surface area contributed by atoms with E-state index in [1.54, 1.807) is 11.9 Å². The Bertz CT molecular complexity index is 519. The molecule has 86 valence electrons. The van der Waals surface area contributed by atoms with Crippen molar-refractivity contribution >= 4 is 11.6 Å². The first kappa shape index (κ1) is 9.96. The van der Waals surface area contributed by atoms with E-state index >= 15 is 0 Å². The van der Waals surface area contributed by atoms with Crippen molar-refractivity contribution in [3.05, 3.63) is 53.9 Å². The van der Waals surface area contributed by atoms with Crippen LogP contribution in [0, 0.1) is 0 Å². The number of allylic oxidation sites excluding steroid dienone is 2. The maximum Gasteiger partial charge on any atom is 0.323 e. The quantitative estimate of drug-likeness (QED) is 0.763. The number of fused-ring (bicyclic) bond motifs is 1. The largest absolute Gasteiger partial charge is 0.366 e. The van der Waals surface area contributed by atoms with E-state index < -0.39 is 0 Å². The Kier molecular flexibility index (Phi) is 2.14. The lowest BCUT2D eigenvalue weighted by atomic mass is 10.0. The third-order valence-corrected chi connectivity index (χ3v) is 3.07. The van der Waals surface area contributed by atoms with Gasteiger partial charge >= 0.3 is 6.03 Å². The second kappa shape index (κ2) is 3.66. The predicted octanol–water partition coefficient (Wildman–Crippen LogP) is 1.50. The normalized spacial score (nSPS) is 22.3. The van der Waals surface area contributed by atoms with Crippen LogP contribution in [0.4, 0.5) is 4.79 Å². The van der Waals surface area contributed by atoms with Crippen molar-refractivity contribution in [1.82, 2.24) is 15.5 Å². The van der Waals surface area contributed by atoms with Gasteiger partial charge in [0.1, 0.15) is 6.17 Å². The molecule has 1 saturated heterocycles. The summed E-state index contributed by atoms with van der Waals surface area (Å²) < 4.78 is 0. The molecule has 1 aromatic carbocycles. The molecule has 0 radical (unpaired) electrons. The molecule has 2 N–H and O–H groups in total. The molecule has 0 aromatic heterocycles. The molecule has 3 rings (SSSR count). The van der Waals surface area contributed by atoms with Crippen LogP contribution in [-0.2, 0) is 0 Å². The Morgan fingerprint density at radius 1 is 1.24 bits per heavy atom. The van der Waals surface area contributed by atoms with Gasteiger partial charge in [-0.1, -0.05) is 30.3 Å². The van der Waals surface area contributed by atoms with Crippen LogP contribution in [0.2, 0.25) is 0 Å². The van der Waals surface area contributed by atoms with Crippen LogP contribution in [0.25, 0.3) is 5.57 Å². The van der Waals surface area contributed by atoms with E-state index in [0.29, 0.717) is 0 Å². The van der Waals surface area contributed by atoms with Crippen LogP contribution in [0.5, 0.6) is 0 Å². The summed E-state index contributed by atoms with van der Waals surface area (Å²) in [5, 5.41) is 6.03. The third kappa shape index (κ3) is 1.58. The zero-order valence-electron chi connectivity index (χ0n) is 9.47. The van der Waals surface area contributed by atoms with Crippen LogP contribution in [0.1, 0.15) is 5.56 Å². The summed E-state index contributed by atoms with van der Waals surface area (Å²) in [6.45, 7) is 0. The Balaban J connectivity index is 1.96. The first-order chi connectivity index (χ1) is 8.25. The van der Waals surface area contributed by atoms with Crippen LogP contribution in [0.15, 0.2) is 48.3 Å². The van der Waals surface area contributed by atoms with E-state index in [-0.39, 0.29) is 12.2 Å². The van der Waals surface area contributed by atoms with Gasteiger partial charge in [0.15, 0.2) is 0 Å². The lowest BCUT2D eigenvalue weighted by molar-refractivity contribution is 0.229. The minimum absolute atomic E-state index is 0.0727. The second-order valence-electron chi connectivity index (χ2n) is 4.14. The maximum absolute atomic E-state index is 11.5. The van der Waals surface area contributed by atoms with E-state index in [4.69, 9.17) is 0 Å². The lowest BCUT2D eigenvalue weighted by Crippen LogP contribution is -2.37. The fraction of sp³-hybridized carbons (Fsp3) is 0.154. The number of dihydropyridines is 1. The van der Waals surface area contributed by atoms with E-state index in [2.05, 4.69) is 22.8 Å². The Morgan fingerprint density at radius 3 is 2.76 bits per heavy atom. The van der Waals surface area contributed by atoms with E-state index in [1.165, 1.54) is 0 Å². The van der Waals surface area contributed by atoms with E-state index in [1.807, 2.05) is 30.5 Å². The molecule has 4 nitrogen and oxygen atoms in total. The topological polar surface area (TPSA) is 44.4 Å². The van der Waals surface area contributed by atoms with Crippen LogP contribution in [0.3, 0.4) is 0 Å². The monoisotopic (exact) mass is 227 g/mol. The minimum Gasteiger partial charge on any atom is -0.366 e. The number of urea groups is 1. The molecule has 2 heterocycles. The van der Waals surface area contributed by atoms with Crippen molar-refractivity contribution in [2.45, 2.75) is 6.17 Å². The number of hydrogen-bond acceptors (Lipinski definition) is 2. The molecule has 1 fully saturated rings. The number of nitrogens with zero attached hydrogens (tertiary/aromatic N) is 1. The Morgan fingerprint density at radius 2 is 2.00 bits per heavy atom. The zero-order chi connectivity index (χ0) is 11.8. The highest BCUT2D eigenvalue weighted by Gasteiger charge is 2.32. The van der Waals surface area contributed by atoms with Gasteiger partial charge in [0.05, 0.1) is 5.70 Å². The van der Waals surface area contributed by atoms with Gasteiger partial charge in [-0.25, -0.2) is 4.79 Å². The van der Waals surface area contributed by atoms with Crippen molar-refractivity contribution in [2.75, 3.05) is 7.05 Å². The summed E-state index contributed by atoms with van der Waals surface area (Å²) in [7, 11) is 1.77. The molecular weight excluding hydrogens is 214 g/mol. The molecule has 4 heteroatoms. The Labute approximate surface area is 99.6 Å². The van der Waals surface area contributed by atoms with Gasteiger partial charge in [0.2, 0.25) is 0 Å². The molecule has 0 saturated carbocycles. The molecule has 1 aromatic rings. The minimum atomic E-state index is -0.0973. The van der Waals surface area contributed by atoms with Gasteiger partial charge in [-0.15, -0.1) is 0 Å². The molecule has 17 heavy (non-hydrogen) atoms. The average molecular weight is 227 g/mol. The summed E-state index contributed by atoms with van der Waals surface area (Å²) in [5.74, 6) is 0. The fourth-order valence-electron chi connectivity index (χ4n) is 2.08. The number of benzene rings is 1. The highest BCUT2D eigenvalue weighted by Crippen LogP contribution is 2.25. The molecule has 2 amide bonds. The van der Waals surface area contributed by atoms with Gasteiger partial charge in [-0.05, 0) is 17.2 Å². The summed E-state index contributed by atoms with van der Waals surface area (Å²) in [4.78, 5) is 13.1. The van der Waals surface area contributed by atoms with Crippen LogP contribution >= 0.6 is 0 Å². The van der Waals surface area contributed by atoms with Crippen molar-refractivity contribution < 1.29 is 4.79 Å². The SMILES string of the molecule is CN1C(=O)NC2NC=C(c3ccccc3)C=C21. The first-order valence-corrected chi connectivity index (χ1v) is 5.53. The van der Waals surface area contributed by atoms with Gasteiger partial charge in [-0.3, -0.25) is 4.90 Å². The highest BCUT2D eigenvalue weighted by molar-refractivity contribution is 5.84. The summed E-state index contributed by atoms with van der Waals surface area (Å²) in [6.07, 6.45) is 3.87. The van der Waals surface area contributed by atoms with Crippen molar-refractivity contribution in [2.24, 2.45) is 0 Å². The highest BCUT2D eigenvalue weighted by atomic mass is 16.2. The molecule has 1 atom stereocenters. The first-order valence-electron chi connectivity index (χ1n) is 5.53. The molecule has 0 aliphatic carbocycles. The number of amides is 2. The second-order valence-corrected chi connectivity index (χ2v) is 4.14. The molecule has 2 aliphatic heterocycles. The third-order valence-electron chi connectivity index (χ3n) is 3.07. The smallest absolute Gasteiger partial charge is 0.323 e. The fourth-order valence-corrected chi connectivity index (χ4v) is 2.08. The zero-order valence-corrected chi connectivity index (χ0v) is 9.47. The maximum atomic E-state index is 11.5. The van der Waals surface area contributed by atoms with Crippen molar-refractivity contribution in [3.8, 4) is 0 Å². The van der Waals surface area contributed by atoms with Crippen LogP contribution in [-0.4, -0.2) is 24.1 Å². The van der Waals surface area contributed by atoms with Crippen molar-refractivity contribution in [3.63, 3.8) is 0 Å². The van der Waals surface area contributed by atoms with E-state index in [0.717, 1.165) is 16.8 Å². The standard InChI is InChI=1S/C13H13N3O/c1-16-11-7-10(9-5-3-2-4-6-9)8-14-12(11)15-13(16)17/h2-8,12,14H,1H3,(H,15,17).